The van der Waals surface area contributed by atoms with Gasteiger partial charge in [-0.25, -0.2) is 11.6 Å². The van der Waals surface area contributed by atoms with E-state index in [-0.39, 0.29) is 24.8 Å². The molecule has 0 aliphatic heterocycles. The van der Waals surface area contributed by atoms with E-state index >= 15 is 0 Å². The molecule has 3 heteroatoms. The zero-order valence-electron chi connectivity index (χ0n) is 22.3. The van der Waals surface area contributed by atoms with E-state index < -0.39 is 0 Å². The van der Waals surface area contributed by atoms with E-state index in [1.807, 2.05) is 0 Å². The van der Waals surface area contributed by atoms with Crippen LogP contribution in [0.3, 0.4) is 0 Å². The number of halogens is 2. The molecule has 0 fully saturated rings. The second kappa shape index (κ2) is 15.2. The summed E-state index contributed by atoms with van der Waals surface area (Å²) < 4.78 is 1.42. The predicted octanol–water partition coefficient (Wildman–Crippen LogP) is 3.08. The topological polar surface area (TPSA) is 0 Å². The molecule has 0 nitrogen and oxygen atoms in total. The Labute approximate surface area is 255 Å². The fraction of sp³-hybridized carbons (Fsp3) is 0.143. The van der Waals surface area contributed by atoms with Crippen LogP contribution in [0, 0.1) is 25.8 Å². The molecule has 0 amide bonds. The van der Waals surface area contributed by atoms with Crippen molar-refractivity contribution in [2.45, 2.75) is 27.7 Å². The summed E-state index contributed by atoms with van der Waals surface area (Å²) in [5.74, 6) is 0.556. The maximum absolute atomic E-state index is 3.22. The average molecular weight is 615 g/mol. The summed E-state index contributed by atoms with van der Waals surface area (Å²) in [7, 11) is 0. The van der Waals surface area contributed by atoms with Crippen LogP contribution in [0.1, 0.15) is 36.1 Å². The molecule has 38 heavy (non-hydrogen) atoms. The molecule has 0 bridgehead atoms. The molecule has 6 rings (SSSR count). The second-order valence-corrected chi connectivity index (χ2v) is 10.6. The first-order chi connectivity index (χ1) is 17.4. The molecule has 5 aromatic rings. The standard InChI is InChI=1S/C15H13.C13H10.C7H9.2ClH.Zr/c1-10-3-5-14-12(7-10)9-13-8-11(2)4-6-15(13)14;1-3-7-12(8-4-1)11-13-9-5-2-6-10-13;1-6-3-4-7(2)5-6;;;/h3-9H,1-2H3;1-10H;3-4,6H,1-2H3;2*1H;/q-1;;-1;;;+2/p-2. The van der Waals surface area contributed by atoms with Crippen LogP contribution in [-0.4, -0.2) is 3.21 Å². The summed E-state index contributed by atoms with van der Waals surface area (Å²) in [5.41, 5.74) is 6.59. The van der Waals surface area contributed by atoms with Crippen LogP contribution in [0.5, 0.6) is 0 Å². The number of hydrogen-bond donors (Lipinski definition) is 0. The van der Waals surface area contributed by atoms with Crippen molar-refractivity contribution in [3.05, 3.63) is 149 Å². The summed E-state index contributed by atoms with van der Waals surface area (Å²) in [6.07, 6.45) is 7.47. The summed E-state index contributed by atoms with van der Waals surface area (Å²) in [4.78, 5) is 0. The summed E-state index contributed by atoms with van der Waals surface area (Å²) in [5, 5.41) is 5.46. The van der Waals surface area contributed by atoms with Gasteiger partial charge >= 0.3 is 99.2 Å². The normalized spacial score (nSPS) is 13.3. The molecule has 0 radical (unpaired) electrons. The molecule has 0 aromatic heterocycles. The first-order valence-corrected chi connectivity index (χ1v) is 13.7. The van der Waals surface area contributed by atoms with Gasteiger partial charge in [0, 0.05) is 0 Å². The Balaban J connectivity index is 0.000000207. The van der Waals surface area contributed by atoms with Crippen LogP contribution in [0.2, 0.25) is 0 Å². The van der Waals surface area contributed by atoms with Gasteiger partial charge in [0.05, 0.1) is 0 Å². The van der Waals surface area contributed by atoms with Gasteiger partial charge in [-0.3, -0.25) is 6.08 Å². The number of fused-ring (bicyclic) bond motifs is 3. The predicted molar refractivity (Wildman–Crippen MR) is 153 cm³/mol. The van der Waals surface area contributed by atoms with E-state index in [2.05, 4.69) is 149 Å². The number of benzene rings is 4. The van der Waals surface area contributed by atoms with Gasteiger partial charge < -0.3 is 24.8 Å². The Morgan fingerprint density at radius 3 is 1.47 bits per heavy atom. The van der Waals surface area contributed by atoms with E-state index in [4.69, 9.17) is 0 Å². The minimum atomic E-state index is 0. The first kappa shape index (κ1) is 31.8. The van der Waals surface area contributed by atoms with Gasteiger partial charge in [0.1, 0.15) is 0 Å². The fourth-order valence-electron chi connectivity index (χ4n) is 4.38. The van der Waals surface area contributed by atoms with Crippen molar-refractivity contribution in [1.29, 1.82) is 0 Å². The Kier molecular flexibility index (Phi) is 12.7. The SMILES string of the molecule is CC1=[C-]C(C)C=C1.Cc1ccc2c(c1)[cH-]c1cc(C)ccc12.[Cl-].[Cl-].[Zr+2]=[C](c1ccccc1)c1ccccc1. The third kappa shape index (κ3) is 8.54. The summed E-state index contributed by atoms with van der Waals surface area (Å²) >= 11 is 1.46. The third-order valence-electron chi connectivity index (χ3n) is 6.23. The van der Waals surface area contributed by atoms with Crippen LogP contribution in [0.15, 0.2) is 121 Å². The van der Waals surface area contributed by atoms with Crippen molar-refractivity contribution in [2.75, 3.05) is 0 Å². The van der Waals surface area contributed by atoms with Crippen molar-refractivity contribution in [1.82, 2.24) is 0 Å². The third-order valence-corrected chi connectivity index (χ3v) is 7.65. The first-order valence-electron chi connectivity index (χ1n) is 12.4. The van der Waals surface area contributed by atoms with Crippen LogP contribution >= 0.6 is 0 Å². The van der Waals surface area contributed by atoms with Crippen LogP contribution in [0.25, 0.3) is 21.5 Å². The van der Waals surface area contributed by atoms with Gasteiger partial charge in [-0.15, -0.1) is 39.7 Å². The second-order valence-electron chi connectivity index (χ2n) is 9.41. The summed E-state index contributed by atoms with van der Waals surface area (Å²) in [6.45, 7) is 8.48. The average Bonchev–Trinajstić information content (AvgIpc) is 3.45. The van der Waals surface area contributed by atoms with Crippen LogP contribution < -0.4 is 24.8 Å². The molecule has 192 valence electrons. The van der Waals surface area contributed by atoms with Gasteiger partial charge in [-0.1, -0.05) is 55.2 Å². The Bertz CT molecular complexity index is 1430. The molecule has 0 heterocycles. The molecule has 1 aliphatic carbocycles. The van der Waals surface area contributed by atoms with Gasteiger partial charge in [-0.05, 0) is 13.8 Å². The number of rotatable bonds is 2. The van der Waals surface area contributed by atoms with Gasteiger partial charge in [0.2, 0.25) is 0 Å². The van der Waals surface area contributed by atoms with Gasteiger partial charge in [-0.2, -0.15) is 6.08 Å². The van der Waals surface area contributed by atoms with Crippen molar-refractivity contribution in [2.24, 2.45) is 5.92 Å². The molecule has 0 spiro atoms. The Morgan fingerprint density at radius 2 is 1.13 bits per heavy atom. The zero-order chi connectivity index (χ0) is 25.5. The van der Waals surface area contributed by atoms with Crippen molar-refractivity contribution in [3.8, 4) is 0 Å². The van der Waals surface area contributed by atoms with E-state index in [0.29, 0.717) is 5.92 Å². The number of hydrogen-bond acceptors (Lipinski definition) is 0. The van der Waals surface area contributed by atoms with E-state index in [0.717, 1.165) is 0 Å². The van der Waals surface area contributed by atoms with Gasteiger partial charge in [0.25, 0.3) is 0 Å². The van der Waals surface area contributed by atoms with E-state index in [1.54, 1.807) is 0 Å². The maximum atomic E-state index is 3.22. The quantitative estimate of drug-likeness (QED) is 0.269. The monoisotopic (exact) mass is 612 g/mol. The van der Waals surface area contributed by atoms with E-state index in [1.165, 1.54) is 76.8 Å². The molecule has 1 unspecified atom stereocenters. The van der Waals surface area contributed by atoms with E-state index in [9.17, 15) is 0 Å². The Hall–Kier alpha value is -2.44. The van der Waals surface area contributed by atoms with Crippen molar-refractivity contribution >= 4 is 24.8 Å². The number of aryl methyl sites for hydroxylation is 2. The summed E-state index contributed by atoms with van der Waals surface area (Å²) in [6, 6.07) is 36.7. The zero-order valence-corrected chi connectivity index (χ0v) is 26.3. The molecule has 0 N–H and O–H groups in total. The Morgan fingerprint density at radius 1 is 0.684 bits per heavy atom. The van der Waals surface area contributed by atoms with Gasteiger partial charge in [0.15, 0.2) is 0 Å². The minimum absolute atomic E-state index is 0. The molecule has 0 saturated heterocycles. The number of allylic oxidation sites excluding steroid dienone is 4. The molecule has 1 aliphatic rings. The molecule has 5 aromatic carbocycles. The molecule has 1 atom stereocenters. The van der Waals surface area contributed by atoms with Crippen LogP contribution in [0.4, 0.5) is 0 Å². The molecule has 0 saturated carbocycles. The molecular formula is C35H32Cl2Zr-2. The fourth-order valence-corrected chi connectivity index (χ4v) is 5.20. The molecular weight excluding hydrogens is 583 g/mol. The van der Waals surface area contributed by atoms with Crippen molar-refractivity contribution in [3.63, 3.8) is 0 Å². The van der Waals surface area contributed by atoms with Crippen molar-refractivity contribution < 1.29 is 49.0 Å². The van der Waals surface area contributed by atoms with Crippen LogP contribution in [-0.2, 0) is 24.2 Å².